The number of pyridine rings is 1. The van der Waals surface area contributed by atoms with Gasteiger partial charge in [-0.1, -0.05) is 0 Å². The Morgan fingerprint density at radius 3 is 3.00 bits per heavy atom. The van der Waals surface area contributed by atoms with E-state index >= 15 is 0 Å². The van der Waals surface area contributed by atoms with Crippen molar-refractivity contribution in [3.05, 3.63) is 18.5 Å². The Morgan fingerprint density at radius 2 is 2.29 bits per heavy atom. The number of hydrogen-bond acceptors (Lipinski definition) is 5. The van der Waals surface area contributed by atoms with Gasteiger partial charge in [0.1, 0.15) is 5.52 Å². The average molecular weight is 236 g/mol. The first kappa shape index (κ1) is 11.8. The van der Waals surface area contributed by atoms with Crippen molar-refractivity contribution in [3.8, 4) is 0 Å². The molecular weight excluding hydrogens is 220 g/mol. The van der Waals surface area contributed by atoms with Gasteiger partial charge in [-0.3, -0.25) is 4.98 Å². The van der Waals surface area contributed by atoms with Gasteiger partial charge in [-0.15, -0.1) is 0 Å². The molecule has 0 spiro atoms. The molecule has 0 bridgehead atoms. The smallest absolute Gasteiger partial charge is 0.201 e. The van der Waals surface area contributed by atoms with Crippen LogP contribution in [0.25, 0.3) is 11.0 Å². The number of methoxy groups -OCH3 is 2. The second-order valence-electron chi connectivity index (χ2n) is 3.76. The van der Waals surface area contributed by atoms with Gasteiger partial charge < -0.3 is 19.8 Å². The van der Waals surface area contributed by atoms with Gasteiger partial charge in [0.15, 0.2) is 0 Å². The molecule has 2 aromatic rings. The maximum absolute atomic E-state index is 5.88. The number of anilines is 1. The van der Waals surface area contributed by atoms with Crippen molar-refractivity contribution in [2.75, 3.05) is 26.6 Å². The number of nitrogens with zero attached hydrogens (tertiary/aromatic N) is 3. The summed E-state index contributed by atoms with van der Waals surface area (Å²) in [6, 6.07) is 1.89. The van der Waals surface area contributed by atoms with Gasteiger partial charge in [-0.2, -0.15) is 0 Å². The fourth-order valence-corrected chi connectivity index (χ4v) is 1.78. The minimum Gasteiger partial charge on any atom is -0.382 e. The highest BCUT2D eigenvalue weighted by molar-refractivity contribution is 5.77. The third-order valence-corrected chi connectivity index (χ3v) is 2.65. The molecular formula is C11H16N4O2. The summed E-state index contributed by atoms with van der Waals surface area (Å²) in [4.78, 5) is 8.26. The number of fused-ring (bicyclic) bond motifs is 1. The highest BCUT2D eigenvalue weighted by Crippen LogP contribution is 2.17. The number of rotatable bonds is 5. The molecule has 17 heavy (non-hydrogen) atoms. The van der Waals surface area contributed by atoms with Crippen molar-refractivity contribution in [1.82, 2.24) is 14.5 Å². The number of nitrogen functional groups attached to an aromatic ring is 1. The third-order valence-electron chi connectivity index (χ3n) is 2.65. The molecule has 2 aromatic heterocycles. The molecule has 0 amide bonds. The summed E-state index contributed by atoms with van der Waals surface area (Å²) in [5.41, 5.74) is 7.62. The van der Waals surface area contributed by atoms with Crippen LogP contribution in [-0.2, 0) is 16.0 Å². The van der Waals surface area contributed by atoms with Crippen LogP contribution in [0.2, 0.25) is 0 Å². The molecule has 6 nitrogen and oxygen atoms in total. The van der Waals surface area contributed by atoms with Gasteiger partial charge in [0.2, 0.25) is 5.95 Å². The van der Waals surface area contributed by atoms with E-state index in [4.69, 9.17) is 15.2 Å². The first-order chi connectivity index (χ1) is 8.26. The Bertz CT molecular complexity index is 497. The second-order valence-corrected chi connectivity index (χ2v) is 3.76. The Kier molecular flexibility index (Phi) is 3.55. The molecule has 0 aliphatic heterocycles. The van der Waals surface area contributed by atoms with E-state index in [0.29, 0.717) is 19.1 Å². The molecule has 2 heterocycles. The second kappa shape index (κ2) is 5.11. The lowest BCUT2D eigenvalue weighted by atomic mass is 10.3. The van der Waals surface area contributed by atoms with Gasteiger partial charge in [0.05, 0.1) is 31.0 Å². The zero-order chi connectivity index (χ0) is 12.3. The van der Waals surface area contributed by atoms with Crippen LogP contribution in [-0.4, -0.2) is 41.5 Å². The first-order valence-electron chi connectivity index (χ1n) is 5.33. The number of nitrogens with two attached hydrogens (primary N) is 1. The van der Waals surface area contributed by atoms with E-state index in [1.165, 1.54) is 0 Å². The van der Waals surface area contributed by atoms with E-state index < -0.39 is 0 Å². The van der Waals surface area contributed by atoms with Crippen molar-refractivity contribution in [2.24, 2.45) is 0 Å². The molecule has 0 aliphatic rings. The molecule has 1 unspecified atom stereocenters. The average Bonchev–Trinajstić information content (AvgIpc) is 2.65. The quantitative estimate of drug-likeness (QED) is 0.826. The van der Waals surface area contributed by atoms with Crippen molar-refractivity contribution >= 4 is 17.0 Å². The fraction of sp³-hybridized carbons (Fsp3) is 0.455. The van der Waals surface area contributed by atoms with Gasteiger partial charge in [0.25, 0.3) is 0 Å². The number of ether oxygens (including phenoxy) is 2. The van der Waals surface area contributed by atoms with Crippen molar-refractivity contribution in [3.63, 3.8) is 0 Å². The van der Waals surface area contributed by atoms with Gasteiger partial charge in [0, 0.05) is 20.4 Å². The summed E-state index contributed by atoms with van der Waals surface area (Å²) in [6.07, 6.45) is 3.37. The molecule has 92 valence electrons. The summed E-state index contributed by atoms with van der Waals surface area (Å²) in [6.45, 7) is 1.12. The summed E-state index contributed by atoms with van der Waals surface area (Å²) >= 11 is 0. The van der Waals surface area contributed by atoms with Crippen molar-refractivity contribution in [2.45, 2.75) is 12.6 Å². The maximum Gasteiger partial charge on any atom is 0.201 e. The summed E-state index contributed by atoms with van der Waals surface area (Å²) < 4.78 is 12.3. The molecule has 6 heteroatoms. The van der Waals surface area contributed by atoms with E-state index in [0.717, 1.165) is 11.0 Å². The van der Waals surface area contributed by atoms with Crippen molar-refractivity contribution in [1.29, 1.82) is 0 Å². The van der Waals surface area contributed by atoms with Crippen LogP contribution >= 0.6 is 0 Å². The number of hydrogen-bond donors (Lipinski definition) is 1. The lowest BCUT2D eigenvalue weighted by Gasteiger charge is -2.16. The van der Waals surface area contributed by atoms with E-state index in [1.807, 2.05) is 10.6 Å². The zero-order valence-corrected chi connectivity index (χ0v) is 9.96. The van der Waals surface area contributed by atoms with Crippen LogP contribution in [0.15, 0.2) is 18.5 Å². The van der Waals surface area contributed by atoms with Crippen LogP contribution in [0, 0.1) is 0 Å². The largest absolute Gasteiger partial charge is 0.382 e. The Hall–Kier alpha value is -1.66. The third kappa shape index (κ3) is 2.37. The minimum atomic E-state index is -0.0483. The first-order valence-corrected chi connectivity index (χ1v) is 5.33. The summed E-state index contributed by atoms with van der Waals surface area (Å²) in [5.74, 6) is 0.464. The molecule has 2 N–H and O–H groups in total. The molecule has 0 aromatic carbocycles. The highest BCUT2D eigenvalue weighted by atomic mass is 16.5. The lowest BCUT2D eigenvalue weighted by molar-refractivity contribution is 0.0193. The normalized spacial score (nSPS) is 13.1. The maximum atomic E-state index is 5.88. The predicted molar refractivity (Wildman–Crippen MR) is 64.6 cm³/mol. The van der Waals surface area contributed by atoms with Crippen LogP contribution in [0.1, 0.15) is 0 Å². The molecule has 0 aliphatic carbocycles. The molecule has 1 atom stereocenters. The van der Waals surface area contributed by atoms with Crippen LogP contribution in [0.5, 0.6) is 0 Å². The summed E-state index contributed by atoms with van der Waals surface area (Å²) in [7, 11) is 3.30. The fourth-order valence-electron chi connectivity index (χ4n) is 1.78. The monoisotopic (exact) mass is 236 g/mol. The molecule has 0 radical (unpaired) electrons. The van der Waals surface area contributed by atoms with E-state index in [-0.39, 0.29) is 6.10 Å². The topological polar surface area (TPSA) is 75.2 Å². The summed E-state index contributed by atoms with van der Waals surface area (Å²) in [5, 5.41) is 0. The molecule has 0 saturated heterocycles. The Morgan fingerprint density at radius 1 is 1.47 bits per heavy atom. The molecule has 0 fully saturated rings. The van der Waals surface area contributed by atoms with Crippen molar-refractivity contribution < 1.29 is 9.47 Å². The zero-order valence-electron chi connectivity index (χ0n) is 9.96. The van der Waals surface area contributed by atoms with Gasteiger partial charge in [-0.25, -0.2) is 4.98 Å². The lowest BCUT2D eigenvalue weighted by Crippen LogP contribution is -2.24. The minimum absolute atomic E-state index is 0.0483. The van der Waals surface area contributed by atoms with E-state index in [1.54, 1.807) is 26.6 Å². The van der Waals surface area contributed by atoms with Gasteiger partial charge in [-0.05, 0) is 6.07 Å². The van der Waals surface area contributed by atoms with Gasteiger partial charge >= 0.3 is 0 Å². The number of aromatic nitrogens is 3. The highest BCUT2D eigenvalue weighted by Gasteiger charge is 2.13. The van der Waals surface area contributed by atoms with E-state index in [9.17, 15) is 0 Å². The van der Waals surface area contributed by atoms with Crippen LogP contribution in [0.3, 0.4) is 0 Å². The molecule has 0 saturated carbocycles. The standard InChI is InChI=1S/C11H16N4O2/c1-16-7-8(17-2)6-15-10-3-4-13-5-9(10)14-11(15)12/h3-5,8H,6-7H2,1-2H3,(H2,12,14). The predicted octanol–water partition coefficient (Wildman–Crippen LogP) is 0.675. The van der Waals surface area contributed by atoms with Crippen LogP contribution in [0.4, 0.5) is 5.95 Å². The van der Waals surface area contributed by atoms with Crippen LogP contribution < -0.4 is 5.73 Å². The molecule has 2 rings (SSSR count). The Balaban J connectivity index is 2.31. The number of imidazole rings is 1. The SMILES string of the molecule is COCC(Cn1c(N)nc2cnccc21)OC. The Labute approximate surface area is 99.4 Å². The van der Waals surface area contributed by atoms with E-state index in [2.05, 4.69) is 9.97 Å².